The number of aryl methyl sites for hydroxylation is 1. The minimum absolute atomic E-state index is 0.0889. The molecule has 30 heavy (non-hydrogen) atoms. The van der Waals surface area contributed by atoms with Crippen LogP contribution in [-0.4, -0.2) is 19.3 Å². The third kappa shape index (κ3) is 5.59. The number of hydrogen-bond donors (Lipinski definition) is 2. The van der Waals surface area contributed by atoms with Crippen molar-refractivity contribution in [1.29, 1.82) is 0 Å². The maximum absolute atomic E-state index is 12.8. The number of aromatic nitrogens is 1. The second-order valence-corrected chi connectivity index (χ2v) is 10.1. The number of anilines is 2. The molecule has 2 aromatic carbocycles. The molecular weight excluding hydrogens is 442 g/mol. The number of nitrogens with zero attached hydrogens (tertiary/aromatic N) is 1. The van der Waals surface area contributed by atoms with Gasteiger partial charge in [-0.2, -0.15) is 0 Å². The first kappa shape index (κ1) is 22.3. The summed E-state index contributed by atoms with van der Waals surface area (Å²) >= 11 is 7.38. The largest absolute Gasteiger partial charge is 0.326 e. The smallest absolute Gasteiger partial charge is 0.262 e. The summed E-state index contributed by atoms with van der Waals surface area (Å²) in [4.78, 5) is 17.0. The number of sulfonamides is 1. The highest BCUT2D eigenvalue weighted by molar-refractivity contribution is 7.92. The van der Waals surface area contributed by atoms with Crippen LogP contribution in [0.5, 0.6) is 0 Å². The lowest BCUT2D eigenvalue weighted by atomic mass is 10.2. The molecule has 2 N–H and O–H groups in total. The van der Waals surface area contributed by atoms with Gasteiger partial charge < -0.3 is 5.32 Å². The standard InChI is InChI=1S/C21H22ClN3O3S2/c1-13(2)21-24-18(12-29-21)11-20(26)23-17-7-4-14(3)19(10-17)30(27,28)25-16-8-5-15(22)6-9-16/h4-10,12-13,25H,11H2,1-3H3,(H,23,26). The van der Waals surface area contributed by atoms with Gasteiger partial charge in [-0.15, -0.1) is 11.3 Å². The number of thiazole rings is 1. The predicted molar refractivity (Wildman–Crippen MR) is 122 cm³/mol. The Balaban J connectivity index is 1.75. The van der Waals surface area contributed by atoms with Crippen LogP contribution in [0.4, 0.5) is 11.4 Å². The van der Waals surface area contributed by atoms with Gasteiger partial charge in [0, 0.05) is 27.7 Å². The minimum Gasteiger partial charge on any atom is -0.326 e. The Morgan fingerprint density at radius 3 is 2.43 bits per heavy atom. The van der Waals surface area contributed by atoms with Crippen LogP contribution in [0, 0.1) is 6.92 Å². The molecule has 0 atom stereocenters. The second kappa shape index (κ2) is 9.16. The van der Waals surface area contributed by atoms with E-state index in [0.29, 0.717) is 33.6 Å². The highest BCUT2D eigenvalue weighted by Crippen LogP contribution is 2.24. The van der Waals surface area contributed by atoms with Gasteiger partial charge in [-0.05, 0) is 48.9 Å². The Morgan fingerprint density at radius 1 is 1.13 bits per heavy atom. The molecule has 0 aliphatic rings. The molecule has 0 aliphatic heterocycles. The zero-order chi connectivity index (χ0) is 21.9. The van der Waals surface area contributed by atoms with Crippen molar-refractivity contribution in [3.05, 3.63) is 69.1 Å². The first-order valence-corrected chi connectivity index (χ1v) is 12.0. The van der Waals surface area contributed by atoms with E-state index in [2.05, 4.69) is 28.9 Å². The number of halogens is 1. The van der Waals surface area contributed by atoms with Crippen LogP contribution in [0.15, 0.2) is 52.7 Å². The van der Waals surface area contributed by atoms with Gasteiger partial charge in [-0.3, -0.25) is 9.52 Å². The molecule has 0 saturated carbocycles. The first-order valence-electron chi connectivity index (χ1n) is 9.27. The van der Waals surface area contributed by atoms with E-state index in [0.717, 1.165) is 5.01 Å². The first-order chi connectivity index (χ1) is 14.1. The zero-order valence-electron chi connectivity index (χ0n) is 16.8. The summed E-state index contributed by atoms with van der Waals surface area (Å²) in [6.07, 6.45) is 0.127. The number of amides is 1. The molecule has 1 heterocycles. The van der Waals surface area contributed by atoms with Crippen molar-refractivity contribution in [3.63, 3.8) is 0 Å². The SMILES string of the molecule is Cc1ccc(NC(=O)Cc2csc(C(C)C)n2)cc1S(=O)(=O)Nc1ccc(Cl)cc1. The van der Waals surface area contributed by atoms with E-state index >= 15 is 0 Å². The Morgan fingerprint density at radius 2 is 1.80 bits per heavy atom. The van der Waals surface area contributed by atoms with Gasteiger partial charge in [0.1, 0.15) is 0 Å². The molecule has 0 unspecified atom stereocenters. The molecule has 0 fully saturated rings. The molecule has 0 bridgehead atoms. The number of benzene rings is 2. The highest BCUT2D eigenvalue weighted by Gasteiger charge is 2.18. The summed E-state index contributed by atoms with van der Waals surface area (Å²) in [7, 11) is -3.84. The summed E-state index contributed by atoms with van der Waals surface area (Å²) in [6.45, 7) is 5.80. The van der Waals surface area contributed by atoms with E-state index in [1.54, 1.807) is 43.3 Å². The predicted octanol–water partition coefficient (Wildman–Crippen LogP) is 5.21. The van der Waals surface area contributed by atoms with Crippen molar-refractivity contribution in [1.82, 2.24) is 4.98 Å². The Hall–Kier alpha value is -2.42. The third-order valence-electron chi connectivity index (χ3n) is 4.26. The summed E-state index contributed by atoms with van der Waals surface area (Å²) < 4.78 is 28.2. The number of hydrogen-bond acceptors (Lipinski definition) is 5. The van der Waals surface area contributed by atoms with E-state index in [1.807, 2.05) is 5.38 Å². The van der Waals surface area contributed by atoms with Gasteiger partial charge >= 0.3 is 0 Å². The van der Waals surface area contributed by atoms with Gasteiger partial charge in [0.15, 0.2) is 0 Å². The number of nitrogens with one attached hydrogen (secondary N) is 2. The number of rotatable bonds is 7. The lowest BCUT2D eigenvalue weighted by Crippen LogP contribution is -2.17. The van der Waals surface area contributed by atoms with Crippen molar-refractivity contribution >= 4 is 50.2 Å². The monoisotopic (exact) mass is 463 g/mol. The van der Waals surface area contributed by atoms with E-state index in [-0.39, 0.29) is 17.2 Å². The lowest BCUT2D eigenvalue weighted by Gasteiger charge is -2.13. The summed E-state index contributed by atoms with van der Waals surface area (Å²) in [6, 6.07) is 11.2. The normalized spacial score (nSPS) is 11.5. The second-order valence-electron chi connectivity index (χ2n) is 7.15. The Labute approximate surface area is 185 Å². The fraction of sp³-hybridized carbons (Fsp3) is 0.238. The maximum Gasteiger partial charge on any atom is 0.262 e. The molecule has 6 nitrogen and oxygen atoms in total. The van der Waals surface area contributed by atoms with E-state index in [9.17, 15) is 13.2 Å². The molecule has 3 aromatic rings. The van der Waals surface area contributed by atoms with Crippen molar-refractivity contribution < 1.29 is 13.2 Å². The van der Waals surface area contributed by atoms with Crippen LogP contribution in [-0.2, 0) is 21.2 Å². The molecule has 158 valence electrons. The molecule has 1 amide bonds. The molecular formula is C21H22ClN3O3S2. The van der Waals surface area contributed by atoms with Gasteiger partial charge in [-0.1, -0.05) is 31.5 Å². The van der Waals surface area contributed by atoms with Gasteiger partial charge in [0.25, 0.3) is 10.0 Å². The summed E-state index contributed by atoms with van der Waals surface area (Å²) in [5, 5.41) is 6.12. The molecule has 3 rings (SSSR count). The number of carbonyl (C=O) groups is 1. The fourth-order valence-electron chi connectivity index (χ4n) is 2.73. The Kier molecular flexibility index (Phi) is 6.80. The molecule has 9 heteroatoms. The molecule has 0 spiro atoms. The van der Waals surface area contributed by atoms with Crippen molar-refractivity contribution in [2.75, 3.05) is 10.0 Å². The average Bonchev–Trinajstić information content (AvgIpc) is 3.13. The van der Waals surface area contributed by atoms with E-state index in [1.165, 1.54) is 17.4 Å². The maximum atomic E-state index is 12.8. The quantitative estimate of drug-likeness (QED) is 0.503. The number of carbonyl (C=O) groups excluding carboxylic acids is 1. The molecule has 1 aromatic heterocycles. The zero-order valence-corrected chi connectivity index (χ0v) is 19.2. The van der Waals surface area contributed by atoms with Crippen LogP contribution in [0.25, 0.3) is 0 Å². The summed E-state index contributed by atoms with van der Waals surface area (Å²) in [5.41, 5.74) is 2.07. The van der Waals surface area contributed by atoms with Crippen LogP contribution < -0.4 is 10.0 Å². The van der Waals surface area contributed by atoms with Gasteiger partial charge in [-0.25, -0.2) is 13.4 Å². The minimum atomic E-state index is -3.84. The molecule has 0 radical (unpaired) electrons. The fourth-order valence-corrected chi connectivity index (χ4v) is 5.03. The van der Waals surface area contributed by atoms with Crippen LogP contribution >= 0.6 is 22.9 Å². The lowest BCUT2D eigenvalue weighted by molar-refractivity contribution is -0.115. The van der Waals surface area contributed by atoms with E-state index < -0.39 is 10.0 Å². The third-order valence-corrected chi connectivity index (χ3v) is 7.23. The average molecular weight is 464 g/mol. The van der Waals surface area contributed by atoms with Crippen LogP contribution in [0.2, 0.25) is 5.02 Å². The van der Waals surface area contributed by atoms with Gasteiger partial charge in [0.05, 0.1) is 22.0 Å². The molecule has 0 aliphatic carbocycles. The van der Waals surface area contributed by atoms with Crippen LogP contribution in [0.1, 0.15) is 36.0 Å². The van der Waals surface area contributed by atoms with E-state index in [4.69, 9.17) is 11.6 Å². The summed E-state index contributed by atoms with van der Waals surface area (Å²) in [5.74, 6) is 0.0540. The van der Waals surface area contributed by atoms with Gasteiger partial charge in [0.2, 0.25) is 5.91 Å². The highest BCUT2D eigenvalue weighted by atomic mass is 35.5. The van der Waals surface area contributed by atoms with Crippen molar-refractivity contribution in [2.45, 2.75) is 38.0 Å². The van der Waals surface area contributed by atoms with Crippen molar-refractivity contribution in [3.8, 4) is 0 Å². The topological polar surface area (TPSA) is 88.2 Å². The Bertz CT molecular complexity index is 1160. The molecule has 0 saturated heterocycles. The van der Waals surface area contributed by atoms with Crippen LogP contribution in [0.3, 0.4) is 0 Å². The van der Waals surface area contributed by atoms with Crippen molar-refractivity contribution in [2.24, 2.45) is 0 Å².